The quantitative estimate of drug-likeness (QED) is 0.654. The van der Waals surface area contributed by atoms with Gasteiger partial charge in [0, 0.05) is 12.1 Å². The Morgan fingerprint density at radius 1 is 1.43 bits per heavy atom. The Kier molecular flexibility index (Phi) is 3.87. The average molecular weight is 189 g/mol. The molecular weight excluding hydrogens is 170 g/mol. The Labute approximate surface area is 86.7 Å². The molecule has 0 amide bonds. The number of hydrogen-bond acceptors (Lipinski definition) is 1. The normalized spacial score (nSPS) is 22.4. The van der Waals surface area contributed by atoms with Crippen LogP contribution in [0.15, 0.2) is 35.5 Å². The molecule has 14 heavy (non-hydrogen) atoms. The van der Waals surface area contributed by atoms with Crippen molar-refractivity contribution < 1.29 is 0 Å². The summed E-state index contributed by atoms with van der Waals surface area (Å²) in [5.74, 6) is 0.950. The third kappa shape index (κ3) is 2.44. The summed E-state index contributed by atoms with van der Waals surface area (Å²) in [4.78, 5) is 0. The number of allylic oxidation sites excluding steroid dienone is 6. The van der Waals surface area contributed by atoms with E-state index in [-0.39, 0.29) is 0 Å². The minimum atomic E-state index is 0.451. The van der Waals surface area contributed by atoms with Gasteiger partial charge >= 0.3 is 0 Å². The maximum Gasteiger partial charge on any atom is 0.0212 e. The van der Waals surface area contributed by atoms with Gasteiger partial charge in [-0.15, -0.1) is 0 Å². The van der Waals surface area contributed by atoms with Crippen LogP contribution in [-0.2, 0) is 0 Å². The number of nitrogens with one attached hydrogen (secondary N) is 1. The van der Waals surface area contributed by atoms with Gasteiger partial charge in [-0.1, -0.05) is 43.7 Å². The molecule has 0 aromatic heterocycles. The fraction of sp³-hybridized carbons (Fsp3) is 0.462. The van der Waals surface area contributed by atoms with Gasteiger partial charge in [-0.25, -0.2) is 0 Å². The van der Waals surface area contributed by atoms with Crippen LogP contribution in [0, 0.1) is 17.2 Å². The molecule has 76 valence electrons. The molecule has 1 atom stereocenters. The van der Waals surface area contributed by atoms with Gasteiger partial charge in [-0.05, 0) is 24.8 Å². The maximum absolute atomic E-state index is 7.41. The second-order valence-corrected chi connectivity index (χ2v) is 4.09. The van der Waals surface area contributed by atoms with Crippen LogP contribution in [0.4, 0.5) is 0 Å². The minimum Gasteiger partial charge on any atom is -0.308 e. The summed E-state index contributed by atoms with van der Waals surface area (Å²) in [6.07, 6.45) is 11.2. The molecule has 0 bridgehead atoms. The lowest BCUT2D eigenvalue weighted by Crippen LogP contribution is -2.07. The monoisotopic (exact) mass is 189 g/mol. The first-order valence-electron chi connectivity index (χ1n) is 5.21. The highest BCUT2D eigenvalue weighted by molar-refractivity contribution is 5.77. The SMILES string of the molecule is C/C(=C(\C=N)C(C)C)C1C=CC=CC1. The molecule has 0 aromatic carbocycles. The molecule has 0 aromatic rings. The lowest BCUT2D eigenvalue weighted by molar-refractivity contribution is 0.717. The molecule has 1 nitrogen and oxygen atoms in total. The molecular formula is C13H19N. The Balaban J connectivity index is 2.89. The predicted octanol–water partition coefficient (Wildman–Crippen LogP) is 3.74. The van der Waals surface area contributed by atoms with Crippen molar-refractivity contribution in [2.24, 2.45) is 11.8 Å². The number of hydrogen-bond donors (Lipinski definition) is 1. The van der Waals surface area contributed by atoms with E-state index in [1.54, 1.807) is 0 Å². The van der Waals surface area contributed by atoms with Crippen molar-refractivity contribution in [3.8, 4) is 0 Å². The second kappa shape index (κ2) is 4.94. The lowest BCUT2D eigenvalue weighted by atomic mass is 9.87. The molecule has 1 aliphatic rings. The van der Waals surface area contributed by atoms with E-state index in [0.29, 0.717) is 11.8 Å². The van der Waals surface area contributed by atoms with Gasteiger partial charge in [-0.2, -0.15) is 0 Å². The Morgan fingerprint density at radius 2 is 2.14 bits per heavy atom. The van der Waals surface area contributed by atoms with E-state index in [1.807, 2.05) is 0 Å². The average Bonchev–Trinajstić information content (AvgIpc) is 2.19. The van der Waals surface area contributed by atoms with Crippen LogP contribution in [0.5, 0.6) is 0 Å². The zero-order valence-electron chi connectivity index (χ0n) is 9.25. The third-order valence-electron chi connectivity index (χ3n) is 2.77. The van der Waals surface area contributed by atoms with Gasteiger partial charge in [0.15, 0.2) is 0 Å². The van der Waals surface area contributed by atoms with Gasteiger partial charge in [-0.3, -0.25) is 0 Å². The van der Waals surface area contributed by atoms with Crippen molar-refractivity contribution in [1.82, 2.24) is 0 Å². The first-order chi connectivity index (χ1) is 6.66. The van der Waals surface area contributed by atoms with E-state index in [2.05, 4.69) is 45.1 Å². The number of rotatable bonds is 3. The van der Waals surface area contributed by atoms with Crippen molar-refractivity contribution in [3.63, 3.8) is 0 Å². The zero-order valence-corrected chi connectivity index (χ0v) is 9.25. The lowest BCUT2D eigenvalue weighted by Gasteiger charge is -2.18. The van der Waals surface area contributed by atoms with Crippen LogP contribution in [0.2, 0.25) is 0 Å². The Bertz CT molecular complexity index is 292. The topological polar surface area (TPSA) is 23.9 Å². The molecule has 1 N–H and O–H groups in total. The predicted molar refractivity (Wildman–Crippen MR) is 62.7 cm³/mol. The maximum atomic E-state index is 7.41. The van der Waals surface area contributed by atoms with Gasteiger partial charge in [0.05, 0.1) is 0 Å². The van der Waals surface area contributed by atoms with E-state index in [4.69, 9.17) is 5.41 Å². The van der Waals surface area contributed by atoms with Crippen LogP contribution in [-0.4, -0.2) is 6.21 Å². The van der Waals surface area contributed by atoms with Gasteiger partial charge in [0.25, 0.3) is 0 Å². The van der Waals surface area contributed by atoms with Gasteiger partial charge in [0.1, 0.15) is 0 Å². The fourth-order valence-electron chi connectivity index (χ4n) is 1.85. The summed E-state index contributed by atoms with van der Waals surface area (Å²) < 4.78 is 0. The summed E-state index contributed by atoms with van der Waals surface area (Å²) in [5.41, 5.74) is 2.52. The molecule has 0 fully saturated rings. The summed E-state index contributed by atoms with van der Waals surface area (Å²) in [7, 11) is 0. The molecule has 0 radical (unpaired) electrons. The van der Waals surface area contributed by atoms with Crippen molar-refractivity contribution in [1.29, 1.82) is 5.41 Å². The van der Waals surface area contributed by atoms with E-state index in [0.717, 1.165) is 6.42 Å². The summed E-state index contributed by atoms with van der Waals surface area (Å²) in [6, 6.07) is 0. The Morgan fingerprint density at radius 3 is 2.57 bits per heavy atom. The van der Waals surface area contributed by atoms with Crippen molar-refractivity contribution >= 4 is 6.21 Å². The molecule has 0 aliphatic heterocycles. The van der Waals surface area contributed by atoms with E-state index in [9.17, 15) is 0 Å². The molecule has 1 rings (SSSR count). The van der Waals surface area contributed by atoms with Crippen molar-refractivity contribution in [3.05, 3.63) is 35.5 Å². The molecule has 0 saturated carbocycles. The fourth-order valence-corrected chi connectivity index (χ4v) is 1.85. The van der Waals surface area contributed by atoms with E-state index in [1.165, 1.54) is 17.4 Å². The molecule has 0 heterocycles. The van der Waals surface area contributed by atoms with Crippen LogP contribution in [0.1, 0.15) is 27.2 Å². The van der Waals surface area contributed by atoms with Gasteiger partial charge < -0.3 is 5.41 Å². The summed E-state index contributed by atoms with van der Waals surface area (Å²) >= 11 is 0. The highest BCUT2D eigenvalue weighted by atomic mass is 14.3. The summed E-state index contributed by atoms with van der Waals surface area (Å²) in [5, 5.41) is 7.41. The summed E-state index contributed by atoms with van der Waals surface area (Å²) in [6.45, 7) is 6.44. The zero-order chi connectivity index (χ0) is 10.6. The highest BCUT2D eigenvalue weighted by Crippen LogP contribution is 2.25. The van der Waals surface area contributed by atoms with Crippen LogP contribution >= 0.6 is 0 Å². The van der Waals surface area contributed by atoms with Crippen LogP contribution in [0.3, 0.4) is 0 Å². The smallest absolute Gasteiger partial charge is 0.0212 e. The van der Waals surface area contributed by atoms with Crippen LogP contribution in [0.25, 0.3) is 0 Å². The van der Waals surface area contributed by atoms with E-state index < -0.39 is 0 Å². The molecule has 1 unspecified atom stereocenters. The van der Waals surface area contributed by atoms with Gasteiger partial charge in [0.2, 0.25) is 0 Å². The van der Waals surface area contributed by atoms with Crippen molar-refractivity contribution in [2.45, 2.75) is 27.2 Å². The first kappa shape index (κ1) is 11.0. The van der Waals surface area contributed by atoms with E-state index >= 15 is 0 Å². The standard InChI is InChI=1S/C13H19N/c1-10(2)13(9-14)11(3)12-7-5-4-6-8-12/h4-7,9-10,12,14H,8H2,1-3H3/b13-11-,14-9?. The molecule has 1 heteroatoms. The Hall–Kier alpha value is -1.11. The largest absolute Gasteiger partial charge is 0.308 e. The molecule has 0 spiro atoms. The van der Waals surface area contributed by atoms with Crippen molar-refractivity contribution in [2.75, 3.05) is 0 Å². The third-order valence-corrected chi connectivity index (χ3v) is 2.77. The molecule has 0 saturated heterocycles. The molecule has 1 aliphatic carbocycles. The minimum absolute atomic E-state index is 0.451. The second-order valence-electron chi connectivity index (χ2n) is 4.09. The highest BCUT2D eigenvalue weighted by Gasteiger charge is 2.12. The van der Waals surface area contributed by atoms with Crippen LogP contribution < -0.4 is 0 Å². The first-order valence-corrected chi connectivity index (χ1v) is 5.21.